The van der Waals surface area contributed by atoms with Gasteiger partial charge in [-0.3, -0.25) is 4.79 Å². The first-order chi connectivity index (χ1) is 13.9. The Bertz CT molecular complexity index is 845. The van der Waals surface area contributed by atoms with Crippen molar-refractivity contribution >= 4 is 34.2 Å². The Morgan fingerprint density at radius 2 is 2.21 bits per heavy atom. The van der Waals surface area contributed by atoms with Gasteiger partial charge in [-0.05, 0) is 72.9 Å². The minimum atomic E-state index is -0.141. The van der Waals surface area contributed by atoms with Crippen molar-refractivity contribution in [2.75, 3.05) is 13.2 Å². The Labute approximate surface area is 186 Å². The van der Waals surface area contributed by atoms with E-state index < -0.39 is 0 Å². The number of hydrogen-bond donors (Lipinski definition) is 3. The Balaban J connectivity index is 1.68. The van der Waals surface area contributed by atoms with Crippen LogP contribution in [-0.4, -0.2) is 36.4 Å². The molecule has 0 spiro atoms. The summed E-state index contributed by atoms with van der Waals surface area (Å²) in [5.74, 6) is -0.141. The molecule has 1 aromatic rings. The van der Waals surface area contributed by atoms with Crippen LogP contribution in [0.3, 0.4) is 0 Å². The molecule has 0 fully saturated rings. The quantitative estimate of drug-likeness (QED) is 0.468. The molecule has 29 heavy (non-hydrogen) atoms. The zero-order valence-corrected chi connectivity index (χ0v) is 19.2. The first-order valence-corrected chi connectivity index (χ1v) is 11.2. The van der Waals surface area contributed by atoms with Crippen molar-refractivity contribution < 1.29 is 14.6 Å². The van der Waals surface area contributed by atoms with Crippen LogP contribution in [0.4, 0.5) is 0 Å². The average Bonchev–Trinajstić information content (AvgIpc) is 3.10. The van der Waals surface area contributed by atoms with E-state index in [-0.39, 0.29) is 30.8 Å². The normalized spacial score (nSPS) is 20.9. The van der Waals surface area contributed by atoms with Gasteiger partial charge >= 0.3 is 0 Å². The topological polar surface area (TPSA) is 70.6 Å². The molecule has 0 heterocycles. The van der Waals surface area contributed by atoms with Gasteiger partial charge in [0.1, 0.15) is 0 Å². The number of ether oxygens (including phenoxy) is 1. The van der Waals surface area contributed by atoms with E-state index in [0.29, 0.717) is 24.2 Å². The number of aliphatic hydroxyl groups is 1. The number of fused-ring (bicyclic) bond motifs is 1. The Morgan fingerprint density at radius 1 is 1.41 bits per heavy atom. The van der Waals surface area contributed by atoms with Gasteiger partial charge in [0, 0.05) is 33.0 Å². The van der Waals surface area contributed by atoms with Crippen LogP contribution in [0.5, 0.6) is 0 Å². The van der Waals surface area contributed by atoms with E-state index in [9.17, 15) is 4.79 Å². The summed E-state index contributed by atoms with van der Waals surface area (Å²) in [5, 5.41) is 15.4. The molecule has 2 atom stereocenters. The highest BCUT2D eigenvalue weighted by Crippen LogP contribution is 2.35. The van der Waals surface area contributed by atoms with Crippen molar-refractivity contribution in [1.29, 1.82) is 0 Å². The summed E-state index contributed by atoms with van der Waals surface area (Å²) >= 11 is 2.25. The predicted molar refractivity (Wildman–Crippen MR) is 125 cm³/mol. The fraction of sp³-hybridized carbons (Fsp3) is 0.435. The van der Waals surface area contributed by atoms with Gasteiger partial charge in [0.2, 0.25) is 0 Å². The van der Waals surface area contributed by atoms with Crippen LogP contribution in [0.1, 0.15) is 49.4 Å². The number of halogens is 1. The number of aliphatic hydroxyl groups excluding tert-OH is 1. The SMILES string of the molecule is C=C(NC(=O)C1=CCC(OC(C)C)C(I)=C1)c1cccc2c1CC[C@@H]2NCCO. The molecule has 156 valence electrons. The van der Waals surface area contributed by atoms with Crippen LogP contribution < -0.4 is 10.6 Å². The largest absolute Gasteiger partial charge is 0.395 e. The van der Waals surface area contributed by atoms with E-state index in [2.05, 4.69) is 45.9 Å². The van der Waals surface area contributed by atoms with Gasteiger partial charge in [-0.2, -0.15) is 0 Å². The molecule has 0 aromatic heterocycles. The van der Waals surface area contributed by atoms with Crippen LogP contribution in [0.2, 0.25) is 0 Å². The summed E-state index contributed by atoms with van der Waals surface area (Å²) in [7, 11) is 0. The zero-order valence-electron chi connectivity index (χ0n) is 17.0. The van der Waals surface area contributed by atoms with Crippen molar-refractivity contribution in [2.45, 2.75) is 51.4 Å². The second kappa shape index (κ2) is 10.0. The molecule has 0 aliphatic heterocycles. The maximum absolute atomic E-state index is 12.8. The molecular weight excluding hydrogens is 479 g/mol. The number of amides is 1. The minimum absolute atomic E-state index is 0.0242. The fourth-order valence-corrected chi connectivity index (χ4v) is 4.66. The van der Waals surface area contributed by atoms with Crippen molar-refractivity contribution in [3.8, 4) is 0 Å². The first kappa shape index (κ1) is 22.2. The molecule has 0 saturated heterocycles. The first-order valence-electron chi connectivity index (χ1n) is 10.1. The third kappa shape index (κ3) is 5.36. The molecule has 5 nitrogen and oxygen atoms in total. The van der Waals surface area contributed by atoms with Crippen LogP contribution >= 0.6 is 22.6 Å². The number of rotatable bonds is 8. The van der Waals surface area contributed by atoms with Gasteiger partial charge in [-0.15, -0.1) is 0 Å². The molecule has 3 N–H and O–H groups in total. The third-order valence-corrected chi connectivity index (χ3v) is 6.22. The van der Waals surface area contributed by atoms with Gasteiger partial charge in [-0.25, -0.2) is 0 Å². The van der Waals surface area contributed by atoms with E-state index in [4.69, 9.17) is 9.84 Å². The number of carbonyl (C=O) groups excluding carboxylic acids is 1. The van der Waals surface area contributed by atoms with Gasteiger partial charge in [0.15, 0.2) is 0 Å². The standard InChI is InChI=1S/C23H29IN2O3/c1-14(2)29-22-10-7-16(13-20(22)24)23(28)26-15(3)17-5-4-6-19-18(17)8-9-21(19)25-11-12-27/h4-7,13-14,21-22,25,27H,3,8-12H2,1-2H3,(H,26,28)/t21-,22?/m0/s1. The number of nitrogens with one attached hydrogen (secondary N) is 2. The van der Waals surface area contributed by atoms with Crippen molar-refractivity contribution in [1.82, 2.24) is 10.6 Å². The predicted octanol–water partition coefficient (Wildman–Crippen LogP) is 3.79. The van der Waals surface area contributed by atoms with E-state index in [1.54, 1.807) is 0 Å². The summed E-state index contributed by atoms with van der Waals surface area (Å²) in [6.45, 7) is 8.86. The van der Waals surface area contributed by atoms with Crippen molar-refractivity contribution in [3.05, 3.63) is 62.8 Å². The summed E-state index contributed by atoms with van der Waals surface area (Å²) in [6, 6.07) is 6.36. The van der Waals surface area contributed by atoms with Crippen LogP contribution in [0.15, 0.2) is 46.1 Å². The van der Waals surface area contributed by atoms with Gasteiger partial charge < -0.3 is 20.5 Å². The van der Waals surface area contributed by atoms with Crippen LogP contribution in [0.25, 0.3) is 5.70 Å². The van der Waals surface area contributed by atoms with Crippen LogP contribution in [0, 0.1) is 0 Å². The Hall–Kier alpha value is -1.48. The molecule has 2 aliphatic carbocycles. The lowest BCUT2D eigenvalue weighted by Crippen LogP contribution is -2.26. The molecule has 3 rings (SSSR count). The summed E-state index contributed by atoms with van der Waals surface area (Å²) in [4.78, 5) is 12.8. The molecule has 2 aliphatic rings. The van der Waals surface area contributed by atoms with Gasteiger partial charge in [0.05, 0.1) is 18.8 Å². The summed E-state index contributed by atoms with van der Waals surface area (Å²) in [6.07, 6.45) is 6.61. The molecule has 1 unspecified atom stereocenters. The molecular formula is C23H29IN2O3. The van der Waals surface area contributed by atoms with E-state index in [0.717, 1.165) is 22.0 Å². The van der Waals surface area contributed by atoms with E-state index in [1.807, 2.05) is 38.1 Å². The number of carbonyl (C=O) groups is 1. The average molecular weight is 508 g/mol. The third-order valence-electron chi connectivity index (χ3n) is 5.21. The summed E-state index contributed by atoms with van der Waals surface area (Å²) < 4.78 is 6.91. The minimum Gasteiger partial charge on any atom is -0.395 e. The molecule has 0 saturated carbocycles. The molecule has 6 heteroatoms. The second-order valence-electron chi connectivity index (χ2n) is 7.67. The maximum atomic E-state index is 12.8. The highest BCUT2D eigenvalue weighted by molar-refractivity contribution is 14.1. The maximum Gasteiger partial charge on any atom is 0.255 e. The van der Waals surface area contributed by atoms with Gasteiger partial charge in [0.25, 0.3) is 5.91 Å². The Morgan fingerprint density at radius 3 is 2.90 bits per heavy atom. The van der Waals surface area contributed by atoms with Crippen molar-refractivity contribution in [2.24, 2.45) is 0 Å². The number of hydrogen-bond acceptors (Lipinski definition) is 4. The lowest BCUT2D eigenvalue weighted by molar-refractivity contribution is -0.116. The molecule has 0 radical (unpaired) electrons. The monoisotopic (exact) mass is 508 g/mol. The molecule has 0 bridgehead atoms. The van der Waals surface area contributed by atoms with E-state index >= 15 is 0 Å². The fourth-order valence-electron chi connectivity index (χ4n) is 3.92. The highest BCUT2D eigenvalue weighted by atomic mass is 127. The van der Waals surface area contributed by atoms with Crippen LogP contribution in [-0.2, 0) is 16.0 Å². The van der Waals surface area contributed by atoms with Crippen molar-refractivity contribution in [3.63, 3.8) is 0 Å². The number of benzene rings is 1. The van der Waals surface area contributed by atoms with Gasteiger partial charge in [-0.1, -0.05) is 30.9 Å². The Kier molecular flexibility index (Phi) is 7.67. The highest BCUT2D eigenvalue weighted by Gasteiger charge is 2.26. The zero-order chi connectivity index (χ0) is 21.0. The lowest BCUT2D eigenvalue weighted by atomic mass is 9.99. The molecule has 1 aromatic carbocycles. The summed E-state index contributed by atoms with van der Waals surface area (Å²) in [5.41, 5.74) is 4.71. The second-order valence-corrected chi connectivity index (χ2v) is 8.92. The van der Waals surface area contributed by atoms with E-state index in [1.165, 1.54) is 11.1 Å². The molecule has 1 amide bonds. The lowest BCUT2D eigenvalue weighted by Gasteiger charge is -2.23. The smallest absolute Gasteiger partial charge is 0.255 e.